The van der Waals surface area contributed by atoms with Crippen molar-refractivity contribution >= 4 is 11.6 Å². The zero-order valence-electron chi connectivity index (χ0n) is 16.1. The number of rotatable bonds is 6. The Hall–Kier alpha value is -1.63. The van der Waals surface area contributed by atoms with Crippen LogP contribution in [0.15, 0.2) is 42.5 Å². The van der Waals surface area contributed by atoms with Crippen LogP contribution in [-0.4, -0.2) is 46.3 Å². The van der Waals surface area contributed by atoms with E-state index in [2.05, 4.69) is 0 Å². The number of ether oxygens (including phenoxy) is 2. The van der Waals surface area contributed by atoms with Crippen LogP contribution in [-0.2, 0) is 11.2 Å². The van der Waals surface area contributed by atoms with Gasteiger partial charge in [0, 0.05) is 5.02 Å². The molecule has 6 heteroatoms. The third-order valence-corrected chi connectivity index (χ3v) is 5.51. The van der Waals surface area contributed by atoms with Crippen molar-refractivity contribution in [2.75, 3.05) is 6.61 Å². The van der Waals surface area contributed by atoms with E-state index in [1.807, 2.05) is 44.2 Å². The van der Waals surface area contributed by atoms with Gasteiger partial charge in [-0.05, 0) is 54.7 Å². The molecule has 2 aromatic carbocycles. The van der Waals surface area contributed by atoms with E-state index in [9.17, 15) is 15.3 Å². The quantitative estimate of drug-likeness (QED) is 0.686. The maximum absolute atomic E-state index is 10.4. The molecule has 1 aliphatic heterocycles. The van der Waals surface area contributed by atoms with Crippen LogP contribution in [0, 0.1) is 0 Å². The van der Waals surface area contributed by atoms with Gasteiger partial charge in [-0.25, -0.2) is 0 Å². The van der Waals surface area contributed by atoms with E-state index in [-0.39, 0.29) is 0 Å². The van der Waals surface area contributed by atoms with Crippen LogP contribution in [0.25, 0.3) is 0 Å². The van der Waals surface area contributed by atoms with Gasteiger partial charge in [-0.2, -0.15) is 0 Å². The summed E-state index contributed by atoms with van der Waals surface area (Å²) in [6.45, 7) is 4.44. The summed E-state index contributed by atoms with van der Waals surface area (Å²) in [6, 6.07) is 13.3. The normalized spacial score (nSPS) is 27.6. The molecule has 3 rings (SSSR count). The first kappa shape index (κ1) is 21.1. The Balaban J connectivity index is 1.82. The summed E-state index contributed by atoms with van der Waals surface area (Å²) in [5, 5.41) is 31.3. The summed E-state index contributed by atoms with van der Waals surface area (Å²) in [5.41, 5.74) is 2.70. The second-order valence-corrected chi connectivity index (χ2v) is 7.49. The van der Waals surface area contributed by atoms with Gasteiger partial charge in [-0.1, -0.05) is 42.8 Å². The highest BCUT2D eigenvalue weighted by Crippen LogP contribution is 2.35. The molecule has 1 saturated heterocycles. The predicted molar refractivity (Wildman–Crippen MR) is 108 cm³/mol. The van der Waals surface area contributed by atoms with Crippen LogP contribution in [0.1, 0.15) is 43.1 Å². The monoisotopic (exact) mass is 406 g/mol. The molecule has 0 bridgehead atoms. The molecular weight excluding hydrogens is 380 g/mol. The minimum absolute atomic E-state index is 0.534. The average molecular weight is 407 g/mol. The van der Waals surface area contributed by atoms with Crippen molar-refractivity contribution in [1.82, 2.24) is 0 Å². The summed E-state index contributed by atoms with van der Waals surface area (Å²) < 4.78 is 11.4. The summed E-state index contributed by atoms with van der Waals surface area (Å²) in [4.78, 5) is 0. The van der Waals surface area contributed by atoms with E-state index in [4.69, 9.17) is 21.1 Å². The Morgan fingerprint density at radius 3 is 2.32 bits per heavy atom. The van der Waals surface area contributed by atoms with Crippen molar-refractivity contribution < 1.29 is 24.8 Å². The van der Waals surface area contributed by atoms with Crippen LogP contribution >= 0.6 is 11.6 Å². The van der Waals surface area contributed by atoms with Crippen molar-refractivity contribution in [2.24, 2.45) is 0 Å². The zero-order valence-corrected chi connectivity index (χ0v) is 16.8. The summed E-state index contributed by atoms with van der Waals surface area (Å²) in [6.07, 6.45) is -3.68. The molecule has 5 nitrogen and oxygen atoms in total. The fourth-order valence-corrected chi connectivity index (χ4v) is 3.75. The Kier molecular flexibility index (Phi) is 6.96. The van der Waals surface area contributed by atoms with Crippen LogP contribution in [0.4, 0.5) is 0 Å². The Morgan fingerprint density at radius 1 is 0.964 bits per heavy atom. The van der Waals surface area contributed by atoms with E-state index < -0.39 is 30.5 Å². The molecule has 1 unspecified atom stereocenters. The fourth-order valence-electron chi connectivity index (χ4n) is 3.56. The smallest absolute Gasteiger partial charge is 0.119 e. The van der Waals surface area contributed by atoms with Crippen LogP contribution in [0.2, 0.25) is 5.02 Å². The van der Waals surface area contributed by atoms with Gasteiger partial charge < -0.3 is 24.8 Å². The van der Waals surface area contributed by atoms with Crippen molar-refractivity contribution in [3.05, 3.63) is 64.2 Å². The maximum Gasteiger partial charge on any atom is 0.119 e. The molecule has 0 amide bonds. The molecule has 5 atom stereocenters. The molecule has 28 heavy (non-hydrogen) atoms. The fraction of sp³-hybridized carbons (Fsp3) is 0.455. The second-order valence-electron chi connectivity index (χ2n) is 7.08. The molecule has 0 aliphatic carbocycles. The highest BCUT2D eigenvalue weighted by atomic mass is 35.5. The predicted octanol–water partition coefficient (Wildman–Crippen LogP) is 3.26. The lowest BCUT2D eigenvalue weighted by atomic mass is 9.89. The molecular formula is C22H27ClO5. The first-order chi connectivity index (χ1) is 13.4. The highest BCUT2D eigenvalue weighted by molar-refractivity contribution is 6.31. The zero-order chi connectivity index (χ0) is 20.3. The van der Waals surface area contributed by atoms with Crippen LogP contribution < -0.4 is 4.74 Å². The minimum Gasteiger partial charge on any atom is -0.494 e. The van der Waals surface area contributed by atoms with E-state index in [1.54, 1.807) is 12.1 Å². The van der Waals surface area contributed by atoms with Gasteiger partial charge in [0.25, 0.3) is 0 Å². The molecule has 0 radical (unpaired) electrons. The first-order valence-electron chi connectivity index (χ1n) is 9.64. The maximum atomic E-state index is 10.4. The third-order valence-electron chi connectivity index (χ3n) is 5.14. The van der Waals surface area contributed by atoms with Crippen molar-refractivity contribution in [1.29, 1.82) is 0 Å². The van der Waals surface area contributed by atoms with Crippen molar-refractivity contribution in [3.8, 4) is 5.75 Å². The topological polar surface area (TPSA) is 79.2 Å². The molecule has 1 aliphatic rings. The van der Waals surface area contributed by atoms with Gasteiger partial charge in [0.1, 0.15) is 30.2 Å². The highest BCUT2D eigenvalue weighted by Gasteiger charge is 2.43. The molecule has 1 heterocycles. The minimum atomic E-state index is -1.26. The molecule has 3 N–H and O–H groups in total. The molecule has 2 aromatic rings. The van der Waals surface area contributed by atoms with Gasteiger partial charge in [0.2, 0.25) is 0 Å². The lowest BCUT2D eigenvalue weighted by Gasteiger charge is -2.40. The number of aliphatic hydroxyl groups is 3. The van der Waals surface area contributed by atoms with Gasteiger partial charge in [0.05, 0.1) is 12.7 Å². The van der Waals surface area contributed by atoms with E-state index in [0.29, 0.717) is 24.5 Å². The second kappa shape index (κ2) is 9.25. The first-order valence-corrected chi connectivity index (χ1v) is 10.0. The lowest BCUT2D eigenvalue weighted by molar-refractivity contribution is -0.225. The number of hydrogen-bond donors (Lipinski definition) is 3. The Labute approximate surface area is 170 Å². The standard InChI is InChI=1S/C22H27ClO5/c1-3-18-19(24)20(25)21(26)22(28-18)14-7-10-17(23)15(12-14)11-13-5-8-16(9-6-13)27-4-2/h5-10,12,18-22,24-26H,3-4,11H2,1-2H3/t18?,19-,20+,21-,22+/m1/s1. The van der Waals surface area contributed by atoms with Crippen molar-refractivity contribution in [2.45, 2.75) is 57.2 Å². The number of benzene rings is 2. The third kappa shape index (κ3) is 4.50. The van der Waals surface area contributed by atoms with E-state index >= 15 is 0 Å². The number of hydrogen-bond acceptors (Lipinski definition) is 5. The molecule has 1 fully saturated rings. The van der Waals surface area contributed by atoms with Crippen LogP contribution in [0.3, 0.4) is 0 Å². The molecule has 0 aromatic heterocycles. The molecule has 0 spiro atoms. The summed E-state index contributed by atoms with van der Waals surface area (Å²) in [7, 11) is 0. The SMILES string of the molecule is CCOc1ccc(Cc2cc([C@@H]3OC(CC)[C@@H](O)[C@H](O)[C@H]3O)ccc2Cl)cc1. The van der Waals surface area contributed by atoms with Gasteiger partial charge in [0.15, 0.2) is 0 Å². The van der Waals surface area contributed by atoms with Crippen LogP contribution in [0.5, 0.6) is 5.75 Å². The Morgan fingerprint density at radius 2 is 1.68 bits per heavy atom. The number of halogens is 1. The molecule has 152 valence electrons. The number of aliphatic hydroxyl groups excluding tert-OH is 3. The summed E-state index contributed by atoms with van der Waals surface area (Å²) >= 11 is 6.39. The molecule has 0 saturated carbocycles. The Bertz CT molecular complexity index is 777. The van der Waals surface area contributed by atoms with Gasteiger partial charge in [-0.3, -0.25) is 0 Å². The van der Waals surface area contributed by atoms with E-state index in [1.165, 1.54) is 0 Å². The van der Waals surface area contributed by atoms with Gasteiger partial charge in [-0.15, -0.1) is 0 Å². The average Bonchev–Trinajstić information content (AvgIpc) is 2.70. The summed E-state index contributed by atoms with van der Waals surface area (Å²) in [5.74, 6) is 0.822. The lowest BCUT2D eigenvalue weighted by Crippen LogP contribution is -2.53. The van der Waals surface area contributed by atoms with Gasteiger partial charge >= 0.3 is 0 Å². The largest absolute Gasteiger partial charge is 0.494 e. The van der Waals surface area contributed by atoms with Crippen molar-refractivity contribution in [3.63, 3.8) is 0 Å². The van der Waals surface area contributed by atoms with E-state index in [0.717, 1.165) is 22.4 Å².